The zero-order chi connectivity index (χ0) is 18.3. The third-order valence-corrected chi connectivity index (χ3v) is 3.03. The predicted octanol–water partition coefficient (Wildman–Crippen LogP) is 2.31. The highest BCUT2D eigenvalue weighted by Crippen LogP contribution is 2.28. The molecule has 1 atom stereocenters. The van der Waals surface area contributed by atoms with Gasteiger partial charge in [0.15, 0.2) is 11.9 Å². The molecule has 0 aromatic heterocycles. The van der Waals surface area contributed by atoms with Gasteiger partial charge >= 0.3 is 11.7 Å². The lowest BCUT2D eigenvalue weighted by Gasteiger charge is -2.14. The highest BCUT2D eigenvalue weighted by Gasteiger charge is 2.22. The van der Waals surface area contributed by atoms with Gasteiger partial charge in [-0.3, -0.25) is 14.9 Å². The molecule has 0 radical (unpaired) electrons. The van der Waals surface area contributed by atoms with Crippen molar-refractivity contribution < 1.29 is 24.0 Å². The van der Waals surface area contributed by atoms with Crippen LogP contribution in [-0.4, -0.2) is 36.1 Å². The van der Waals surface area contributed by atoms with Gasteiger partial charge in [-0.1, -0.05) is 13.8 Å². The van der Waals surface area contributed by atoms with Gasteiger partial charge in [0.1, 0.15) is 0 Å². The van der Waals surface area contributed by atoms with Crippen molar-refractivity contribution in [1.82, 2.24) is 5.32 Å². The molecule has 1 aromatic carbocycles. The first-order valence-electron chi connectivity index (χ1n) is 7.66. The first-order valence-corrected chi connectivity index (χ1v) is 7.66. The first-order chi connectivity index (χ1) is 11.3. The number of nitro benzene ring substituents is 1. The Kier molecular flexibility index (Phi) is 7.16. The molecule has 0 fully saturated rings. The highest BCUT2D eigenvalue weighted by molar-refractivity contribution is 5.93. The van der Waals surface area contributed by atoms with E-state index in [1.54, 1.807) is 6.92 Å². The molecule has 24 heavy (non-hydrogen) atoms. The first kappa shape index (κ1) is 19.4. The van der Waals surface area contributed by atoms with Crippen LogP contribution in [0, 0.1) is 16.0 Å². The van der Waals surface area contributed by atoms with Crippen LogP contribution < -0.4 is 10.1 Å². The maximum absolute atomic E-state index is 12.1. The number of rotatable bonds is 8. The molecular formula is C16H22N2O6. The summed E-state index contributed by atoms with van der Waals surface area (Å²) in [6, 6.07) is 3.77. The van der Waals surface area contributed by atoms with E-state index in [0.29, 0.717) is 6.54 Å². The number of hydrogen-bond acceptors (Lipinski definition) is 6. The molecule has 1 rings (SSSR count). The van der Waals surface area contributed by atoms with Crippen molar-refractivity contribution in [2.24, 2.45) is 5.92 Å². The summed E-state index contributed by atoms with van der Waals surface area (Å²) in [5.74, 6) is -0.891. The monoisotopic (exact) mass is 338 g/mol. The van der Waals surface area contributed by atoms with Crippen molar-refractivity contribution in [2.45, 2.75) is 33.8 Å². The third-order valence-electron chi connectivity index (χ3n) is 3.03. The van der Waals surface area contributed by atoms with Gasteiger partial charge in [-0.15, -0.1) is 0 Å². The lowest BCUT2D eigenvalue weighted by molar-refractivity contribution is -0.385. The maximum Gasteiger partial charge on any atom is 0.339 e. The van der Waals surface area contributed by atoms with Crippen molar-refractivity contribution >= 4 is 17.6 Å². The summed E-state index contributed by atoms with van der Waals surface area (Å²) in [7, 11) is 0. The smallest absolute Gasteiger partial charge is 0.339 e. The molecule has 8 heteroatoms. The Labute approximate surface area is 140 Å². The number of benzene rings is 1. The minimum absolute atomic E-state index is 0.0198. The number of nitro groups is 1. The molecule has 8 nitrogen and oxygen atoms in total. The molecule has 132 valence electrons. The summed E-state index contributed by atoms with van der Waals surface area (Å²) in [5.41, 5.74) is -0.350. The number of amides is 1. The van der Waals surface area contributed by atoms with E-state index in [4.69, 9.17) is 9.47 Å². The molecule has 0 spiro atoms. The molecule has 0 unspecified atom stereocenters. The molecule has 0 aliphatic heterocycles. The molecule has 0 saturated heterocycles. The van der Waals surface area contributed by atoms with Gasteiger partial charge in [-0.2, -0.15) is 0 Å². The summed E-state index contributed by atoms with van der Waals surface area (Å²) in [6.07, 6.45) is -0.998. The van der Waals surface area contributed by atoms with Crippen molar-refractivity contribution in [3.8, 4) is 5.75 Å². The lowest BCUT2D eigenvalue weighted by atomic mass is 10.2. The van der Waals surface area contributed by atoms with Gasteiger partial charge < -0.3 is 14.8 Å². The van der Waals surface area contributed by atoms with Crippen molar-refractivity contribution in [3.05, 3.63) is 33.9 Å². The number of carbonyl (C=O) groups excluding carboxylic acids is 2. The number of hydrogen-bond donors (Lipinski definition) is 1. The molecule has 0 saturated carbocycles. The van der Waals surface area contributed by atoms with Crippen LogP contribution in [0.3, 0.4) is 0 Å². The van der Waals surface area contributed by atoms with Gasteiger partial charge in [-0.25, -0.2) is 4.79 Å². The third kappa shape index (κ3) is 5.53. The number of ether oxygens (including phenoxy) is 2. The molecule has 1 N–H and O–H groups in total. The van der Waals surface area contributed by atoms with E-state index in [0.717, 1.165) is 6.07 Å². The number of carbonyl (C=O) groups is 2. The van der Waals surface area contributed by atoms with Gasteiger partial charge in [0.2, 0.25) is 0 Å². The quantitative estimate of drug-likeness (QED) is 0.443. The van der Waals surface area contributed by atoms with E-state index < -0.39 is 22.9 Å². The Morgan fingerprint density at radius 3 is 2.50 bits per heavy atom. The maximum atomic E-state index is 12.1. The predicted molar refractivity (Wildman–Crippen MR) is 87.0 cm³/mol. The van der Waals surface area contributed by atoms with Crippen LogP contribution in [0.25, 0.3) is 0 Å². The highest BCUT2D eigenvalue weighted by atomic mass is 16.6. The Morgan fingerprint density at radius 2 is 1.96 bits per heavy atom. The van der Waals surface area contributed by atoms with Crippen LogP contribution in [0.1, 0.15) is 38.1 Å². The second-order valence-corrected chi connectivity index (χ2v) is 5.56. The van der Waals surface area contributed by atoms with Crippen LogP contribution >= 0.6 is 0 Å². The topological polar surface area (TPSA) is 108 Å². The molecule has 0 aliphatic rings. The average Bonchev–Trinajstić information content (AvgIpc) is 2.52. The van der Waals surface area contributed by atoms with Crippen LogP contribution in [0.5, 0.6) is 5.75 Å². The minimum Gasteiger partial charge on any atom is -0.487 e. The van der Waals surface area contributed by atoms with Crippen LogP contribution in [0.4, 0.5) is 5.69 Å². The Balaban J connectivity index is 2.82. The summed E-state index contributed by atoms with van der Waals surface area (Å²) in [5, 5.41) is 13.7. The van der Waals surface area contributed by atoms with Crippen molar-refractivity contribution in [2.75, 3.05) is 13.2 Å². The molecular weight excluding hydrogens is 316 g/mol. The Hall–Kier alpha value is -2.64. The number of esters is 1. The van der Waals surface area contributed by atoms with Gasteiger partial charge in [-0.05, 0) is 31.9 Å². The van der Waals surface area contributed by atoms with Gasteiger partial charge in [0.25, 0.3) is 5.91 Å². The fraction of sp³-hybridized carbons (Fsp3) is 0.500. The van der Waals surface area contributed by atoms with E-state index in [1.807, 2.05) is 13.8 Å². The van der Waals surface area contributed by atoms with E-state index in [-0.39, 0.29) is 29.5 Å². The molecule has 1 amide bonds. The van der Waals surface area contributed by atoms with E-state index in [9.17, 15) is 19.7 Å². The number of nitrogens with zero attached hydrogens (tertiary/aromatic N) is 1. The fourth-order valence-electron chi connectivity index (χ4n) is 1.80. The molecule has 1 aromatic rings. The largest absolute Gasteiger partial charge is 0.487 e. The Morgan fingerprint density at radius 1 is 1.29 bits per heavy atom. The SMILES string of the molecule is CCOc1ccc(C(=O)O[C@@H](C)C(=O)NCC(C)C)cc1[N+](=O)[O-]. The van der Waals surface area contributed by atoms with Crippen LogP contribution in [-0.2, 0) is 9.53 Å². The zero-order valence-electron chi connectivity index (χ0n) is 14.2. The van der Waals surface area contributed by atoms with Gasteiger partial charge in [0.05, 0.1) is 17.1 Å². The van der Waals surface area contributed by atoms with Crippen molar-refractivity contribution in [1.29, 1.82) is 0 Å². The molecule has 0 aliphatic carbocycles. The van der Waals surface area contributed by atoms with E-state index >= 15 is 0 Å². The molecule has 0 heterocycles. The van der Waals surface area contributed by atoms with E-state index in [1.165, 1.54) is 19.1 Å². The van der Waals surface area contributed by atoms with Gasteiger partial charge in [0, 0.05) is 12.6 Å². The summed E-state index contributed by atoms with van der Waals surface area (Å²) >= 11 is 0. The fourth-order valence-corrected chi connectivity index (χ4v) is 1.80. The zero-order valence-corrected chi connectivity index (χ0v) is 14.2. The standard InChI is InChI=1S/C16H22N2O6/c1-5-23-14-7-6-12(8-13(14)18(21)22)16(20)24-11(4)15(19)17-9-10(2)3/h6-8,10-11H,5,9H2,1-4H3,(H,17,19)/t11-/m0/s1. The second-order valence-electron chi connectivity index (χ2n) is 5.56. The normalized spacial score (nSPS) is 11.7. The minimum atomic E-state index is -0.998. The van der Waals surface area contributed by atoms with E-state index in [2.05, 4.69) is 5.32 Å². The lowest BCUT2D eigenvalue weighted by Crippen LogP contribution is -2.37. The number of nitrogens with one attached hydrogen (secondary N) is 1. The summed E-state index contributed by atoms with van der Waals surface area (Å²) in [4.78, 5) is 34.3. The summed E-state index contributed by atoms with van der Waals surface area (Å²) in [6.45, 7) is 7.75. The Bertz CT molecular complexity index is 615. The second kappa shape index (κ2) is 8.85. The van der Waals surface area contributed by atoms with Crippen molar-refractivity contribution in [3.63, 3.8) is 0 Å². The van der Waals surface area contributed by atoms with Crippen LogP contribution in [0.2, 0.25) is 0 Å². The summed E-state index contributed by atoms with van der Waals surface area (Å²) < 4.78 is 10.2. The average molecular weight is 338 g/mol. The van der Waals surface area contributed by atoms with Crippen LogP contribution in [0.15, 0.2) is 18.2 Å². The molecule has 0 bridgehead atoms.